The Labute approximate surface area is 100 Å². The fourth-order valence-corrected chi connectivity index (χ4v) is 2.20. The normalized spacial score (nSPS) is 19.6. The number of anilines is 1. The van der Waals surface area contributed by atoms with E-state index in [1.165, 1.54) is 0 Å². The van der Waals surface area contributed by atoms with Crippen molar-refractivity contribution in [2.75, 3.05) is 25.0 Å². The molecule has 5 heteroatoms. The van der Waals surface area contributed by atoms with Crippen LogP contribution in [0.25, 0.3) is 0 Å². The standard InChI is InChI=1S/C12H17N3O2/c1-13-7-9-3-2-5-14-11(9)15-6-4-10(8-15)12(16)17/h2-3,5,10,13H,4,6-8H2,1H3,(H,16,17). The maximum atomic E-state index is 10.9. The molecule has 1 saturated heterocycles. The topological polar surface area (TPSA) is 65.5 Å². The first-order valence-electron chi connectivity index (χ1n) is 5.78. The van der Waals surface area contributed by atoms with Crippen molar-refractivity contribution in [3.8, 4) is 0 Å². The van der Waals surface area contributed by atoms with Crippen molar-refractivity contribution < 1.29 is 9.90 Å². The number of aromatic nitrogens is 1. The van der Waals surface area contributed by atoms with Crippen molar-refractivity contribution in [1.82, 2.24) is 10.3 Å². The van der Waals surface area contributed by atoms with E-state index in [2.05, 4.69) is 15.2 Å². The Bertz CT molecular complexity index is 408. The number of aliphatic carboxylic acids is 1. The highest BCUT2D eigenvalue weighted by molar-refractivity contribution is 5.72. The third-order valence-electron chi connectivity index (χ3n) is 3.07. The van der Waals surface area contributed by atoms with Crippen LogP contribution in [0.1, 0.15) is 12.0 Å². The molecule has 0 saturated carbocycles. The number of pyridine rings is 1. The second-order valence-corrected chi connectivity index (χ2v) is 4.29. The molecule has 1 aliphatic heterocycles. The zero-order valence-corrected chi connectivity index (χ0v) is 9.89. The molecule has 2 N–H and O–H groups in total. The summed E-state index contributed by atoms with van der Waals surface area (Å²) in [4.78, 5) is 17.4. The van der Waals surface area contributed by atoms with Crippen LogP contribution in [-0.2, 0) is 11.3 Å². The first-order valence-corrected chi connectivity index (χ1v) is 5.78. The number of hydrogen-bond acceptors (Lipinski definition) is 4. The molecule has 0 amide bonds. The minimum atomic E-state index is -0.710. The largest absolute Gasteiger partial charge is 0.481 e. The minimum Gasteiger partial charge on any atom is -0.481 e. The van der Waals surface area contributed by atoms with Gasteiger partial charge in [-0.2, -0.15) is 0 Å². The van der Waals surface area contributed by atoms with Crippen molar-refractivity contribution in [2.45, 2.75) is 13.0 Å². The molecule has 1 unspecified atom stereocenters. The lowest BCUT2D eigenvalue weighted by Gasteiger charge is -2.20. The summed E-state index contributed by atoms with van der Waals surface area (Å²) in [6.45, 7) is 2.07. The van der Waals surface area contributed by atoms with Crippen LogP contribution in [0.15, 0.2) is 18.3 Å². The monoisotopic (exact) mass is 235 g/mol. The molecule has 0 aromatic carbocycles. The molecule has 0 spiro atoms. The number of hydrogen-bond donors (Lipinski definition) is 2. The van der Waals surface area contributed by atoms with Gasteiger partial charge >= 0.3 is 5.97 Å². The average Bonchev–Trinajstić information content (AvgIpc) is 2.79. The van der Waals surface area contributed by atoms with Gasteiger partial charge in [-0.15, -0.1) is 0 Å². The molecule has 2 rings (SSSR count). The number of carbonyl (C=O) groups is 1. The summed E-state index contributed by atoms with van der Waals surface area (Å²) in [5.74, 6) is -0.0661. The Morgan fingerprint density at radius 3 is 3.18 bits per heavy atom. The van der Waals surface area contributed by atoms with Gasteiger partial charge in [-0.3, -0.25) is 4.79 Å². The van der Waals surface area contributed by atoms with Crippen molar-refractivity contribution >= 4 is 11.8 Å². The van der Waals surface area contributed by atoms with E-state index in [1.807, 2.05) is 19.2 Å². The lowest BCUT2D eigenvalue weighted by Crippen LogP contribution is -2.25. The van der Waals surface area contributed by atoms with E-state index in [4.69, 9.17) is 5.11 Å². The van der Waals surface area contributed by atoms with E-state index in [0.29, 0.717) is 13.0 Å². The molecule has 1 fully saturated rings. The molecule has 1 aliphatic rings. The van der Waals surface area contributed by atoms with E-state index < -0.39 is 5.97 Å². The summed E-state index contributed by atoms with van der Waals surface area (Å²) >= 11 is 0. The second-order valence-electron chi connectivity index (χ2n) is 4.29. The van der Waals surface area contributed by atoms with E-state index in [-0.39, 0.29) is 5.92 Å². The van der Waals surface area contributed by atoms with Gasteiger partial charge in [-0.25, -0.2) is 4.98 Å². The highest BCUT2D eigenvalue weighted by atomic mass is 16.4. The Morgan fingerprint density at radius 2 is 2.53 bits per heavy atom. The van der Waals surface area contributed by atoms with E-state index in [9.17, 15) is 4.79 Å². The van der Waals surface area contributed by atoms with Gasteiger partial charge in [0.2, 0.25) is 0 Å². The Hall–Kier alpha value is -1.62. The summed E-state index contributed by atoms with van der Waals surface area (Å²) in [5.41, 5.74) is 1.11. The molecule has 0 aliphatic carbocycles. The van der Waals surface area contributed by atoms with Crippen LogP contribution in [0, 0.1) is 5.92 Å². The Balaban J connectivity index is 2.15. The van der Waals surface area contributed by atoms with Gasteiger partial charge in [0.25, 0.3) is 0 Å². The van der Waals surface area contributed by atoms with E-state index in [0.717, 1.165) is 24.5 Å². The van der Waals surface area contributed by atoms with Gasteiger partial charge in [0, 0.05) is 31.4 Å². The molecular weight excluding hydrogens is 218 g/mol. The van der Waals surface area contributed by atoms with Crippen molar-refractivity contribution in [3.63, 3.8) is 0 Å². The summed E-state index contributed by atoms with van der Waals surface area (Å²) in [5, 5.41) is 12.1. The molecule has 2 heterocycles. The SMILES string of the molecule is CNCc1cccnc1N1CCC(C(=O)O)C1. The minimum absolute atomic E-state index is 0.264. The van der Waals surface area contributed by atoms with Gasteiger partial charge in [-0.05, 0) is 19.5 Å². The average molecular weight is 235 g/mol. The maximum absolute atomic E-state index is 10.9. The smallest absolute Gasteiger partial charge is 0.308 e. The summed E-state index contributed by atoms with van der Waals surface area (Å²) in [6.07, 6.45) is 2.45. The fourth-order valence-electron chi connectivity index (χ4n) is 2.20. The third kappa shape index (κ3) is 2.55. The molecule has 92 valence electrons. The van der Waals surface area contributed by atoms with Crippen molar-refractivity contribution in [2.24, 2.45) is 5.92 Å². The zero-order chi connectivity index (χ0) is 12.3. The van der Waals surface area contributed by atoms with E-state index >= 15 is 0 Å². The van der Waals surface area contributed by atoms with Crippen molar-refractivity contribution in [3.05, 3.63) is 23.9 Å². The van der Waals surface area contributed by atoms with Crippen LogP contribution in [-0.4, -0.2) is 36.2 Å². The van der Waals surface area contributed by atoms with Gasteiger partial charge in [-0.1, -0.05) is 6.07 Å². The Kier molecular flexibility index (Phi) is 3.58. The first-order chi connectivity index (χ1) is 8.22. The van der Waals surface area contributed by atoms with Crippen LogP contribution in [0.5, 0.6) is 0 Å². The highest BCUT2D eigenvalue weighted by Crippen LogP contribution is 2.25. The summed E-state index contributed by atoms with van der Waals surface area (Å²) in [6, 6.07) is 3.92. The maximum Gasteiger partial charge on any atom is 0.308 e. The molecule has 1 aromatic heterocycles. The van der Waals surface area contributed by atoms with Gasteiger partial charge in [0.1, 0.15) is 5.82 Å². The van der Waals surface area contributed by atoms with Crippen LogP contribution in [0.4, 0.5) is 5.82 Å². The van der Waals surface area contributed by atoms with Gasteiger partial charge < -0.3 is 15.3 Å². The molecule has 1 aromatic rings. The molecule has 0 bridgehead atoms. The lowest BCUT2D eigenvalue weighted by atomic mass is 10.1. The molecule has 0 radical (unpaired) electrons. The number of carboxylic acid groups (broad SMARTS) is 1. The summed E-state index contributed by atoms with van der Waals surface area (Å²) in [7, 11) is 1.89. The predicted molar refractivity (Wildman–Crippen MR) is 65.0 cm³/mol. The number of rotatable bonds is 4. The molecule has 17 heavy (non-hydrogen) atoms. The number of carboxylic acids is 1. The molecular formula is C12H17N3O2. The quantitative estimate of drug-likeness (QED) is 0.804. The van der Waals surface area contributed by atoms with Crippen LogP contribution < -0.4 is 10.2 Å². The number of nitrogens with one attached hydrogen (secondary N) is 1. The third-order valence-corrected chi connectivity index (χ3v) is 3.07. The summed E-state index contributed by atoms with van der Waals surface area (Å²) < 4.78 is 0. The van der Waals surface area contributed by atoms with Crippen LogP contribution in [0.3, 0.4) is 0 Å². The zero-order valence-electron chi connectivity index (χ0n) is 9.89. The predicted octanol–water partition coefficient (Wildman–Crippen LogP) is 0.712. The number of nitrogens with zero attached hydrogens (tertiary/aromatic N) is 2. The van der Waals surface area contributed by atoms with Gasteiger partial charge in [0.15, 0.2) is 0 Å². The Morgan fingerprint density at radius 1 is 1.71 bits per heavy atom. The van der Waals surface area contributed by atoms with E-state index in [1.54, 1.807) is 6.20 Å². The van der Waals surface area contributed by atoms with Crippen LogP contribution in [0.2, 0.25) is 0 Å². The van der Waals surface area contributed by atoms with Crippen molar-refractivity contribution in [1.29, 1.82) is 0 Å². The molecule has 5 nitrogen and oxygen atoms in total. The van der Waals surface area contributed by atoms with Crippen LogP contribution >= 0.6 is 0 Å². The highest BCUT2D eigenvalue weighted by Gasteiger charge is 2.29. The second kappa shape index (κ2) is 5.14. The lowest BCUT2D eigenvalue weighted by molar-refractivity contribution is -0.140. The first kappa shape index (κ1) is 11.9. The fraction of sp³-hybridized carbons (Fsp3) is 0.500. The van der Waals surface area contributed by atoms with Gasteiger partial charge in [0.05, 0.1) is 5.92 Å². The molecule has 1 atom stereocenters.